The number of halogens is 1. The van der Waals surface area contributed by atoms with Crippen LogP contribution in [0.4, 0.5) is 4.39 Å². The summed E-state index contributed by atoms with van der Waals surface area (Å²) in [6, 6.07) is 14.7. The first-order valence-corrected chi connectivity index (χ1v) is 10.7. The Morgan fingerprint density at radius 3 is 2.70 bits per heavy atom. The van der Waals surface area contributed by atoms with Gasteiger partial charge in [-0.1, -0.05) is 36.4 Å². The number of amides is 1. The first kappa shape index (κ1) is 19.7. The highest BCUT2D eigenvalue weighted by Gasteiger charge is 2.43. The molecule has 3 heterocycles. The van der Waals surface area contributed by atoms with Crippen molar-refractivity contribution in [3.8, 4) is 0 Å². The van der Waals surface area contributed by atoms with Gasteiger partial charge in [0.25, 0.3) is 5.91 Å². The van der Waals surface area contributed by atoms with Crippen LogP contribution in [0, 0.1) is 5.82 Å². The van der Waals surface area contributed by atoms with Crippen molar-refractivity contribution in [2.75, 3.05) is 33.4 Å². The summed E-state index contributed by atoms with van der Waals surface area (Å²) in [5, 5.41) is 0. The lowest BCUT2D eigenvalue weighted by molar-refractivity contribution is -0.174. The molecule has 0 spiro atoms. The van der Waals surface area contributed by atoms with Gasteiger partial charge in [-0.05, 0) is 42.3 Å². The molecule has 30 heavy (non-hydrogen) atoms. The predicted octanol–water partition coefficient (Wildman–Crippen LogP) is 2.79. The summed E-state index contributed by atoms with van der Waals surface area (Å²) < 4.78 is 25.4. The number of hydrogen-bond acceptors (Lipinski definition) is 4. The van der Waals surface area contributed by atoms with Crippen LogP contribution in [-0.2, 0) is 20.7 Å². The zero-order valence-corrected chi connectivity index (χ0v) is 17.2. The molecule has 3 aliphatic rings. The summed E-state index contributed by atoms with van der Waals surface area (Å²) in [5.74, 6) is -0.265. The van der Waals surface area contributed by atoms with Crippen LogP contribution < -0.4 is 0 Å². The fraction of sp³-hybridized carbons (Fsp3) is 0.458. The zero-order chi connectivity index (χ0) is 20.7. The molecule has 5 nitrogen and oxygen atoms in total. The first-order chi connectivity index (χ1) is 14.6. The molecule has 2 aromatic carbocycles. The number of benzene rings is 2. The van der Waals surface area contributed by atoms with E-state index in [0.717, 1.165) is 24.1 Å². The van der Waals surface area contributed by atoms with Crippen LogP contribution in [0.3, 0.4) is 0 Å². The Morgan fingerprint density at radius 1 is 1.07 bits per heavy atom. The van der Waals surface area contributed by atoms with Crippen LogP contribution in [0.5, 0.6) is 0 Å². The number of hydrogen-bond donors (Lipinski definition) is 0. The van der Waals surface area contributed by atoms with E-state index in [2.05, 4.69) is 24.1 Å². The maximum Gasteiger partial charge on any atom is 0.252 e. The van der Waals surface area contributed by atoms with Gasteiger partial charge in [-0.3, -0.25) is 9.69 Å². The third-order valence-electron chi connectivity index (χ3n) is 6.72. The SMILES string of the molecule is CN1CCO[C@@H]2CO[C@@H](C(=O)N3CCc4ccccc4[C@@H]3c3ccc(F)cc3)C[C@@H]21. The first-order valence-electron chi connectivity index (χ1n) is 10.7. The van der Waals surface area contributed by atoms with E-state index in [4.69, 9.17) is 9.47 Å². The van der Waals surface area contributed by atoms with Crippen molar-refractivity contribution in [1.29, 1.82) is 0 Å². The lowest BCUT2D eigenvalue weighted by Crippen LogP contribution is -2.58. The van der Waals surface area contributed by atoms with E-state index in [-0.39, 0.29) is 29.9 Å². The Labute approximate surface area is 176 Å². The fourth-order valence-electron chi connectivity index (χ4n) is 5.06. The van der Waals surface area contributed by atoms with Crippen LogP contribution in [0.15, 0.2) is 48.5 Å². The molecule has 2 aromatic rings. The minimum atomic E-state index is -0.483. The van der Waals surface area contributed by atoms with E-state index in [1.54, 1.807) is 12.1 Å². The van der Waals surface area contributed by atoms with Gasteiger partial charge >= 0.3 is 0 Å². The van der Waals surface area contributed by atoms with Gasteiger partial charge in [0.05, 0.1) is 25.4 Å². The van der Waals surface area contributed by atoms with Gasteiger partial charge in [0.15, 0.2) is 0 Å². The maximum atomic E-state index is 13.7. The minimum Gasteiger partial charge on any atom is -0.373 e. The minimum absolute atomic E-state index is 0.0104. The van der Waals surface area contributed by atoms with Crippen molar-refractivity contribution >= 4 is 5.91 Å². The summed E-state index contributed by atoms with van der Waals surface area (Å²) in [7, 11) is 2.09. The third-order valence-corrected chi connectivity index (χ3v) is 6.72. The van der Waals surface area contributed by atoms with Crippen LogP contribution in [-0.4, -0.2) is 67.3 Å². The van der Waals surface area contributed by atoms with Crippen molar-refractivity contribution < 1.29 is 18.7 Å². The molecule has 3 aliphatic heterocycles. The molecule has 0 saturated carbocycles. The van der Waals surface area contributed by atoms with E-state index in [0.29, 0.717) is 26.2 Å². The molecular weight excluding hydrogens is 383 g/mol. The highest BCUT2D eigenvalue weighted by molar-refractivity contribution is 5.82. The molecule has 0 bridgehead atoms. The molecule has 5 rings (SSSR count). The van der Waals surface area contributed by atoms with Crippen molar-refractivity contribution in [2.24, 2.45) is 0 Å². The standard InChI is InChI=1S/C24H27FN2O3/c1-26-12-13-29-22-15-30-21(14-20(22)26)24(28)27-11-10-16-4-2-3-5-19(16)23(27)17-6-8-18(25)9-7-17/h2-9,20-23H,10-15H2,1H3/t20-,21+,22+,23-/m0/s1. The van der Waals surface area contributed by atoms with Crippen LogP contribution >= 0.6 is 0 Å². The summed E-state index contributed by atoms with van der Waals surface area (Å²) >= 11 is 0. The number of fused-ring (bicyclic) bond motifs is 2. The van der Waals surface area contributed by atoms with Crippen molar-refractivity contribution in [3.63, 3.8) is 0 Å². The average Bonchev–Trinajstić information content (AvgIpc) is 2.78. The molecule has 1 amide bonds. The Morgan fingerprint density at radius 2 is 1.87 bits per heavy atom. The quantitative estimate of drug-likeness (QED) is 0.764. The number of rotatable bonds is 2. The second-order valence-electron chi connectivity index (χ2n) is 8.45. The van der Waals surface area contributed by atoms with Gasteiger partial charge in [-0.15, -0.1) is 0 Å². The monoisotopic (exact) mass is 410 g/mol. The second-order valence-corrected chi connectivity index (χ2v) is 8.45. The average molecular weight is 410 g/mol. The number of nitrogens with zero attached hydrogens (tertiary/aromatic N) is 2. The third kappa shape index (κ3) is 3.53. The largest absolute Gasteiger partial charge is 0.373 e. The van der Waals surface area contributed by atoms with Crippen molar-refractivity contribution in [3.05, 3.63) is 71.0 Å². The van der Waals surface area contributed by atoms with E-state index in [1.807, 2.05) is 17.0 Å². The van der Waals surface area contributed by atoms with Crippen LogP contribution in [0.25, 0.3) is 0 Å². The number of likely N-dealkylation sites (N-methyl/N-ethyl adjacent to an activating group) is 1. The summed E-state index contributed by atoms with van der Waals surface area (Å²) in [6.45, 7) is 2.64. The molecule has 2 saturated heterocycles. The Hall–Kier alpha value is -2.28. The van der Waals surface area contributed by atoms with Gasteiger partial charge in [-0.2, -0.15) is 0 Å². The van der Waals surface area contributed by atoms with Gasteiger partial charge in [-0.25, -0.2) is 4.39 Å². The molecule has 0 aliphatic carbocycles. The Bertz CT molecular complexity index is 919. The molecular formula is C24H27FN2O3. The molecule has 4 atom stereocenters. The predicted molar refractivity (Wildman–Crippen MR) is 111 cm³/mol. The fourth-order valence-corrected chi connectivity index (χ4v) is 5.06. The summed E-state index contributed by atoms with van der Waals surface area (Å²) in [5.41, 5.74) is 3.26. The zero-order valence-electron chi connectivity index (χ0n) is 17.2. The van der Waals surface area contributed by atoms with E-state index in [9.17, 15) is 9.18 Å². The lowest BCUT2D eigenvalue weighted by Gasteiger charge is -2.46. The molecule has 158 valence electrons. The highest BCUT2D eigenvalue weighted by atomic mass is 19.1. The highest BCUT2D eigenvalue weighted by Crippen LogP contribution is 2.37. The molecule has 0 unspecified atom stereocenters. The maximum absolute atomic E-state index is 13.7. The normalized spacial score (nSPS) is 29.2. The number of ether oxygens (including phenoxy) is 2. The Kier molecular flexibility index (Phi) is 5.31. The smallest absolute Gasteiger partial charge is 0.252 e. The summed E-state index contributed by atoms with van der Waals surface area (Å²) in [4.78, 5) is 17.9. The lowest BCUT2D eigenvalue weighted by atomic mass is 9.87. The molecule has 2 fully saturated rings. The van der Waals surface area contributed by atoms with Crippen LogP contribution in [0.1, 0.15) is 29.2 Å². The number of carbonyl (C=O) groups is 1. The molecule has 6 heteroatoms. The second kappa shape index (κ2) is 8.10. The van der Waals surface area contributed by atoms with Gasteiger partial charge in [0.2, 0.25) is 0 Å². The number of morpholine rings is 1. The van der Waals surface area contributed by atoms with E-state index < -0.39 is 6.10 Å². The van der Waals surface area contributed by atoms with Crippen molar-refractivity contribution in [1.82, 2.24) is 9.80 Å². The van der Waals surface area contributed by atoms with Crippen molar-refractivity contribution in [2.45, 2.75) is 37.1 Å². The Balaban J connectivity index is 1.44. The number of carbonyl (C=O) groups excluding carboxylic acids is 1. The van der Waals surface area contributed by atoms with Gasteiger partial charge < -0.3 is 14.4 Å². The topological polar surface area (TPSA) is 42.0 Å². The van der Waals surface area contributed by atoms with E-state index >= 15 is 0 Å². The van der Waals surface area contributed by atoms with E-state index in [1.165, 1.54) is 17.7 Å². The molecule has 0 N–H and O–H groups in total. The van der Waals surface area contributed by atoms with Gasteiger partial charge in [0.1, 0.15) is 11.9 Å². The van der Waals surface area contributed by atoms with Gasteiger partial charge in [0, 0.05) is 25.6 Å². The molecule has 0 radical (unpaired) electrons. The van der Waals surface area contributed by atoms with Crippen LogP contribution in [0.2, 0.25) is 0 Å². The molecule has 0 aromatic heterocycles. The summed E-state index contributed by atoms with van der Waals surface area (Å²) in [6.07, 6.45) is 0.988.